The fourth-order valence-corrected chi connectivity index (χ4v) is 4.67. The van der Waals surface area contributed by atoms with E-state index in [4.69, 9.17) is 8.92 Å². The van der Waals surface area contributed by atoms with Crippen LogP contribution < -0.4 is 8.92 Å². The molecule has 0 bridgehead atoms. The molecule has 40 heavy (non-hydrogen) atoms. The number of rotatable bonds is 9. The highest BCUT2D eigenvalue weighted by molar-refractivity contribution is 7.87. The number of carbonyl (C=O) groups excluding carboxylic acids is 1. The van der Waals surface area contributed by atoms with E-state index in [9.17, 15) is 39.6 Å². The van der Waals surface area contributed by atoms with Crippen molar-refractivity contribution in [2.24, 2.45) is 0 Å². The Labute approximate surface area is 227 Å². The Morgan fingerprint density at radius 1 is 0.875 bits per heavy atom. The van der Waals surface area contributed by atoms with E-state index < -0.39 is 44.4 Å². The molecule has 216 valence electrons. The lowest BCUT2D eigenvalue weighted by molar-refractivity contribution is -0.138. The van der Waals surface area contributed by atoms with Gasteiger partial charge in [0.05, 0.1) is 18.2 Å². The van der Waals surface area contributed by atoms with Crippen LogP contribution in [0.4, 0.5) is 26.3 Å². The van der Waals surface area contributed by atoms with Gasteiger partial charge in [0.15, 0.2) is 11.5 Å². The molecule has 3 aromatic carbocycles. The van der Waals surface area contributed by atoms with Crippen LogP contribution in [-0.2, 0) is 29.0 Å². The monoisotopic (exact) mass is 589 g/mol. The summed E-state index contributed by atoms with van der Waals surface area (Å²) in [6, 6.07) is 10.6. The van der Waals surface area contributed by atoms with Crippen molar-refractivity contribution in [3.05, 3.63) is 89.0 Å². The Hall–Kier alpha value is -3.74. The van der Waals surface area contributed by atoms with Gasteiger partial charge in [-0.3, -0.25) is 4.79 Å². The number of alkyl halides is 6. The van der Waals surface area contributed by atoms with Gasteiger partial charge in [0, 0.05) is 18.2 Å². The van der Waals surface area contributed by atoms with Crippen LogP contribution in [0.25, 0.3) is 0 Å². The molecule has 0 radical (unpaired) electrons. The quantitative estimate of drug-likeness (QED) is 0.200. The molecule has 0 saturated heterocycles. The van der Waals surface area contributed by atoms with Gasteiger partial charge in [0.25, 0.3) is 5.91 Å². The zero-order valence-electron chi connectivity index (χ0n) is 21.5. The predicted molar refractivity (Wildman–Crippen MR) is 133 cm³/mol. The van der Waals surface area contributed by atoms with Gasteiger partial charge in [-0.1, -0.05) is 19.1 Å². The Morgan fingerprint density at radius 3 is 2.05 bits per heavy atom. The van der Waals surface area contributed by atoms with Gasteiger partial charge in [-0.15, -0.1) is 0 Å². The van der Waals surface area contributed by atoms with Crippen molar-refractivity contribution in [2.45, 2.75) is 50.1 Å². The van der Waals surface area contributed by atoms with Crippen molar-refractivity contribution in [3.8, 4) is 11.5 Å². The molecule has 13 heteroatoms. The van der Waals surface area contributed by atoms with Gasteiger partial charge >= 0.3 is 22.5 Å². The minimum absolute atomic E-state index is 0.0189. The average Bonchev–Trinajstić information content (AvgIpc) is 2.90. The molecule has 0 heterocycles. The van der Waals surface area contributed by atoms with Gasteiger partial charge in [-0.25, -0.2) is 0 Å². The summed E-state index contributed by atoms with van der Waals surface area (Å²) in [4.78, 5) is 13.9. The van der Waals surface area contributed by atoms with Crippen LogP contribution in [0.15, 0.2) is 71.6 Å². The molecule has 1 unspecified atom stereocenters. The number of amides is 1. The van der Waals surface area contributed by atoms with E-state index >= 15 is 0 Å². The molecule has 1 atom stereocenters. The van der Waals surface area contributed by atoms with E-state index in [2.05, 4.69) is 0 Å². The number of methoxy groups -OCH3 is 1. The molecule has 0 aromatic heterocycles. The number of halogens is 6. The molecule has 3 rings (SSSR count). The van der Waals surface area contributed by atoms with Crippen molar-refractivity contribution in [3.63, 3.8) is 0 Å². The molecule has 0 aliphatic carbocycles. The van der Waals surface area contributed by atoms with E-state index in [0.29, 0.717) is 18.1 Å². The third kappa shape index (κ3) is 7.26. The molecule has 0 aliphatic rings. The van der Waals surface area contributed by atoms with Crippen molar-refractivity contribution in [2.75, 3.05) is 7.11 Å². The Kier molecular flexibility index (Phi) is 9.07. The highest BCUT2D eigenvalue weighted by Crippen LogP contribution is 2.34. The zero-order chi connectivity index (χ0) is 29.9. The van der Waals surface area contributed by atoms with Crippen molar-refractivity contribution in [1.82, 2.24) is 4.90 Å². The highest BCUT2D eigenvalue weighted by Gasteiger charge is 2.33. The molecular formula is C27H25F6NO5S. The fourth-order valence-electron chi connectivity index (χ4n) is 3.69. The highest BCUT2D eigenvalue weighted by atomic mass is 32.2. The molecule has 1 amide bonds. The normalized spacial score (nSPS) is 13.0. The molecule has 3 aromatic rings. The predicted octanol–water partition coefficient (Wildman–Crippen LogP) is 6.94. The van der Waals surface area contributed by atoms with Crippen LogP contribution >= 0.6 is 0 Å². The van der Waals surface area contributed by atoms with Gasteiger partial charge < -0.3 is 13.8 Å². The number of carbonyl (C=O) groups is 1. The maximum absolute atomic E-state index is 13.2. The minimum atomic E-state index is -4.78. The summed E-state index contributed by atoms with van der Waals surface area (Å²) in [6.45, 7) is 3.46. The van der Waals surface area contributed by atoms with E-state index in [1.54, 1.807) is 6.92 Å². The third-order valence-electron chi connectivity index (χ3n) is 6.07. The number of ether oxygens (including phenoxy) is 1. The lowest BCUT2D eigenvalue weighted by Gasteiger charge is -2.29. The van der Waals surface area contributed by atoms with Crippen LogP contribution in [-0.4, -0.2) is 32.4 Å². The first-order valence-corrected chi connectivity index (χ1v) is 13.2. The van der Waals surface area contributed by atoms with Crippen LogP contribution in [0.5, 0.6) is 11.5 Å². The number of hydrogen-bond acceptors (Lipinski definition) is 5. The maximum atomic E-state index is 13.2. The van der Waals surface area contributed by atoms with Crippen LogP contribution in [0.2, 0.25) is 0 Å². The molecule has 6 nitrogen and oxygen atoms in total. The van der Waals surface area contributed by atoms with E-state index in [1.807, 2.05) is 6.92 Å². The summed E-state index contributed by atoms with van der Waals surface area (Å²) in [6.07, 6.45) is -8.84. The number of hydrogen-bond donors (Lipinski definition) is 0. The molecule has 0 aliphatic heterocycles. The molecular weight excluding hydrogens is 564 g/mol. The Bertz CT molecular complexity index is 1450. The molecule has 0 N–H and O–H groups in total. The smallest absolute Gasteiger partial charge is 0.416 e. The Balaban J connectivity index is 1.92. The molecule has 0 fully saturated rings. The summed E-state index contributed by atoms with van der Waals surface area (Å²) in [7, 11) is -3.49. The second kappa shape index (κ2) is 11.8. The standard InChI is InChI=1S/C27H25F6NO5S/c1-4-17(2)34(25(35)19-9-11-20(12-10-19)26(28,29)30)16-18-8-13-23(38-3)24(14-18)39-40(36,37)22-7-5-6-21(15-22)27(31,32)33/h5-15,17H,4,16H2,1-3H3. The van der Waals surface area contributed by atoms with Gasteiger partial charge in [-0.05, 0) is 73.5 Å². The second-order valence-corrected chi connectivity index (χ2v) is 10.4. The SMILES string of the molecule is CCC(C)N(Cc1ccc(OC)c(OS(=O)(=O)c2cccc(C(F)(F)F)c2)c1)C(=O)c1ccc(C(F)(F)F)cc1. The van der Waals surface area contributed by atoms with Crippen molar-refractivity contribution < 1.29 is 48.5 Å². The minimum Gasteiger partial charge on any atom is -0.493 e. The summed E-state index contributed by atoms with van der Waals surface area (Å²) >= 11 is 0. The lowest BCUT2D eigenvalue weighted by Crippen LogP contribution is -2.37. The largest absolute Gasteiger partial charge is 0.493 e. The Morgan fingerprint density at radius 2 is 1.50 bits per heavy atom. The van der Waals surface area contributed by atoms with E-state index in [-0.39, 0.29) is 29.6 Å². The summed E-state index contributed by atoms with van der Waals surface area (Å²) in [5, 5.41) is 0. The van der Waals surface area contributed by atoms with Gasteiger partial charge in [0.2, 0.25) is 0 Å². The zero-order valence-corrected chi connectivity index (χ0v) is 22.3. The summed E-state index contributed by atoms with van der Waals surface area (Å²) in [5.74, 6) is -0.926. The van der Waals surface area contributed by atoms with Crippen molar-refractivity contribution >= 4 is 16.0 Å². The topological polar surface area (TPSA) is 72.9 Å². The van der Waals surface area contributed by atoms with Crippen LogP contribution in [0, 0.1) is 0 Å². The van der Waals surface area contributed by atoms with E-state index in [0.717, 1.165) is 42.5 Å². The molecule has 0 spiro atoms. The number of benzene rings is 3. The fraction of sp³-hybridized carbons (Fsp3) is 0.296. The first-order chi connectivity index (χ1) is 18.6. The van der Waals surface area contributed by atoms with Gasteiger partial charge in [-0.2, -0.15) is 34.8 Å². The van der Waals surface area contributed by atoms with Crippen molar-refractivity contribution in [1.29, 1.82) is 0 Å². The van der Waals surface area contributed by atoms with E-state index in [1.165, 1.54) is 30.2 Å². The first kappa shape index (κ1) is 30.8. The summed E-state index contributed by atoms with van der Waals surface area (Å²) < 4.78 is 114. The first-order valence-electron chi connectivity index (χ1n) is 11.8. The summed E-state index contributed by atoms with van der Waals surface area (Å²) in [5.41, 5.74) is -1.69. The van der Waals surface area contributed by atoms with Crippen LogP contribution in [0.1, 0.15) is 47.3 Å². The van der Waals surface area contributed by atoms with Gasteiger partial charge in [0.1, 0.15) is 4.90 Å². The average molecular weight is 590 g/mol. The van der Waals surface area contributed by atoms with Crippen LogP contribution in [0.3, 0.4) is 0 Å². The molecule has 0 saturated carbocycles. The second-order valence-electron chi connectivity index (χ2n) is 8.81. The number of nitrogens with zero attached hydrogens (tertiary/aromatic N) is 1. The maximum Gasteiger partial charge on any atom is 0.416 e. The third-order valence-corrected chi connectivity index (χ3v) is 7.30. The lowest BCUT2D eigenvalue weighted by atomic mass is 10.1.